The highest BCUT2D eigenvalue weighted by Gasteiger charge is 2.26. The third-order valence-corrected chi connectivity index (χ3v) is 5.25. The van der Waals surface area contributed by atoms with E-state index in [9.17, 15) is 0 Å². The number of hydrogen-bond donors (Lipinski definition) is 1. The number of benzene rings is 3. The molecular formula is C25H27NO3. The van der Waals surface area contributed by atoms with Gasteiger partial charge in [-0.05, 0) is 48.2 Å². The minimum Gasteiger partial charge on any atom is -0.493 e. The Hall–Kier alpha value is -2.98. The fourth-order valence-electron chi connectivity index (χ4n) is 3.86. The molecule has 1 aliphatic rings. The van der Waals surface area contributed by atoms with Crippen molar-refractivity contribution in [3.63, 3.8) is 0 Å². The van der Waals surface area contributed by atoms with Crippen molar-refractivity contribution >= 4 is 0 Å². The van der Waals surface area contributed by atoms with Crippen molar-refractivity contribution in [2.24, 2.45) is 0 Å². The molecule has 0 aromatic heterocycles. The van der Waals surface area contributed by atoms with Crippen molar-refractivity contribution in [1.29, 1.82) is 0 Å². The smallest absolute Gasteiger partial charge is 0.161 e. The molecule has 0 fully saturated rings. The highest BCUT2D eigenvalue weighted by atomic mass is 16.5. The molecule has 0 saturated carbocycles. The van der Waals surface area contributed by atoms with E-state index in [1.165, 1.54) is 11.1 Å². The number of hydrogen-bond acceptors (Lipinski definition) is 4. The predicted molar refractivity (Wildman–Crippen MR) is 115 cm³/mol. The molecule has 1 unspecified atom stereocenters. The van der Waals surface area contributed by atoms with Crippen LogP contribution in [0.4, 0.5) is 0 Å². The summed E-state index contributed by atoms with van der Waals surface area (Å²) in [4.78, 5) is 0. The average Bonchev–Trinajstić information content (AvgIpc) is 2.78. The van der Waals surface area contributed by atoms with Crippen LogP contribution in [0.1, 0.15) is 35.2 Å². The van der Waals surface area contributed by atoms with Gasteiger partial charge < -0.3 is 19.5 Å². The molecule has 3 aromatic carbocycles. The summed E-state index contributed by atoms with van der Waals surface area (Å²) in [6, 6.07) is 22.8. The topological polar surface area (TPSA) is 39.7 Å². The number of para-hydroxylation sites is 1. The Morgan fingerprint density at radius 2 is 1.66 bits per heavy atom. The van der Waals surface area contributed by atoms with Crippen LogP contribution in [0.15, 0.2) is 66.7 Å². The van der Waals surface area contributed by atoms with Crippen LogP contribution in [0, 0.1) is 0 Å². The zero-order chi connectivity index (χ0) is 20.1. The van der Waals surface area contributed by atoms with Gasteiger partial charge in [-0.25, -0.2) is 0 Å². The van der Waals surface area contributed by atoms with Crippen molar-refractivity contribution in [3.8, 4) is 17.2 Å². The summed E-state index contributed by atoms with van der Waals surface area (Å²) in [6.45, 7) is 4.04. The summed E-state index contributed by atoms with van der Waals surface area (Å²) >= 11 is 0. The molecule has 0 amide bonds. The third-order valence-electron chi connectivity index (χ3n) is 5.25. The van der Waals surface area contributed by atoms with E-state index < -0.39 is 0 Å². The molecule has 4 heteroatoms. The van der Waals surface area contributed by atoms with Crippen molar-refractivity contribution in [2.45, 2.75) is 26.0 Å². The normalized spacial score (nSPS) is 15.4. The van der Waals surface area contributed by atoms with E-state index in [-0.39, 0.29) is 6.04 Å². The van der Waals surface area contributed by atoms with Crippen LogP contribution in [0.2, 0.25) is 0 Å². The van der Waals surface area contributed by atoms with E-state index in [4.69, 9.17) is 14.2 Å². The molecule has 1 N–H and O–H groups in total. The van der Waals surface area contributed by atoms with Crippen LogP contribution in [0.3, 0.4) is 0 Å². The fourth-order valence-corrected chi connectivity index (χ4v) is 3.86. The first-order chi connectivity index (χ1) is 14.3. The first-order valence-corrected chi connectivity index (χ1v) is 10.1. The summed E-state index contributed by atoms with van der Waals surface area (Å²) in [5.74, 6) is 2.47. The van der Waals surface area contributed by atoms with Crippen LogP contribution in [0.5, 0.6) is 17.2 Å². The van der Waals surface area contributed by atoms with E-state index in [2.05, 4.69) is 41.7 Å². The molecule has 3 aromatic rings. The van der Waals surface area contributed by atoms with Crippen LogP contribution >= 0.6 is 0 Å². The first kappa shape index (κ1) is 19.3. The van der Waals surface area contributed by atoms with E-state index in [0.717, 1.165) is 41.3 Å². The molecule has 0 saturated heterocycles. The molecule has 0 spiro atoms. The van der Waals surface area contributed by atoms with Gasteiger partial charge in [-0.1, -0.05) is 48.5 Å². The van der Waals surface area contributed by atoms with E-state index in [0.29, 0.717) is 13.2 Å². The summed E-state index contributed by atoms with van der Waals surface area (Å²) in [5.41, 5.74) is 4.79. The number of nitrogens with one attached hydrogen (secondary N) is 1. The van der Waals surface area contributed by atoms with Gasteiger partial charge in [0, 0.05) is 12.1 Å². The molecular weight excluding hydrogens is 362 g/mol. The van der Waals surface area contributed by atoms with Gasteiger partial charge in [0.2, 0.25) is 0 Å². The van der Waals surface area contributed by atoms with E-state index >= 15 is 0 Å². The number of methoxy groups -OCH3 is 1. The van der Waals surface area contributed by atoms with Gasteiger partial charge in [0.05, 0.1) is 19.8 Å². The molecule has 0 aliphatic carbocycles. The third kappa shape index (κ3) is 4.22. The van der Waals surface area contributed by atoms with Crippen molar-refractivity contribution in [3.05, 3.63) is 89.0 Å². The molecule has 0 bridgehead atoms. The largest absolute Gasteiger partial charge is 0.493 e. The Morgan fingerprint density at radius 3 is 2.45 bits per heavy atom. The Balaban J connectivity index is 1.67. The maximum atomic E-state index is 6.22. The fraction of sp³-hybridized carbons (Fsp3) is 0.280. The van der Waals surface area contributed by atoms with Gasteiger partial charge in [0.25, 0.3) is 0 Å². The van der Waals surface area contributed by atoms with Crippen LogP contribution in [0.25, 0.3) is 0 Å². The minimum absolute atomic E-state index is 0.0517. The monoisotopic (exact) mass is 389 g/mol. The SMILES string of the molecule is CCOc1cc2c(cc1OC)CCNC2c1ccccc1OCc1ccccc1. The number of ether oxygens (including phenoxy) is 3. The summed E-state index contributed by atoms with van der Waals surface area (Å²) in [5, 5.41) is 3.66. The van der Waals surface area contributed by atoms with Crippen molar-refractivity contribution in [1.82, 2.24) is 5.32 Å². The lowest BCUT2D eigenvalue weighted by Crippen LogP contribution is -2.31. The maximum absolute atomic E-state index is 6.22. The van der Waals surface area contributed by atoms with Gasteiger partial charge in [-0.15, -0.1) is 0 Å². The van der Waals surface area contributed by atoms with Gasteiger partial charge in [-0.2, -0.15) is 0 Å². The molecule has 1 aliphatic heterocycles. The number of fused-ring (bicyclic) bond motifs is 1. The second-order valence-corrected chi connectivity index (χ2v) is 7.08. The van der Waals surface area contributed by atoms with Crippen molar-refractivity contribution < 1.29 is 14.2 Å². The second kappa shape index (κ2) is 9.01. The summed E-state index contributed by atoms with van der Waals surface area (Å²) in [6.07, 6.45) is 0.960. The molecule has 4 rings (SSSR count). The number of rotatable bonds is 7. The lowest BCUT2D eigenvalue weighted by Gasteiger charge is -2.29. The Labute approximate surface area is 172 Å². The summed E-state index contributed by atoms with van der Waals surface area (Å²) in [7, 11) is 1.69. The van der Waals surface area contributed by atoms with E-state index in [1.54, 1.807) is 7.11 Å². The lowest BCUT2D eigenvalue weighted by molar-refractivity contribution is 0.299. The first-order valence-electron chi connectivity index (χ1n) is 10.1. The van der Waals surface area contributed by atoms with Crippen molar-refractivity contribution in [2.75, 3.05) is 20.3 Å². The average molecular weight is 389 g/mol. The standard InChI is InChI=1S/C25H27NO3/c1-3-28-24-16-21-19(15-23(24)27-2)13-14-26-25(21)20-11-7-8-12-22(20)29-17-18-9-5-4-6-10-18/h4-12,15-16,25-26H,3,13-14,17H2,1-2H3. The van der Waals surface area contributed by atoms with Gasteiger partial charge in [0.1, 0.15) is 12.4 Å². The van der Waals surface area contributed by atoms with Gasteiger partial charge in [-0.3, -0.25) is 0 Å². The second-order valence-electron chi connectivity index (χ2n) is 7.08. The molecule has 4 nitrogen and oxygen atoms in total. The molecule has 0 radical (unpaired) electrons. The predicted octanol–water partition coefficient (Wildman–Crippen LogP) is 4.91. The lowest BCUT2D eigenvalue weighted by atomic mass is 9.89. The molecule has 29 heavy (non-hydrogen) atoms. The highest BCUT2D eigenvalue weighted by molar-refractivity contribution is 5.53. The Kier molecular flexibility index (Phi) is 6.01. The quantitative estimate of drug-likeness (QED) is 0.623. The van der Waals surface area contributed by atoms with Crippen LogP contribution < -0.4 is 19.5 Å². The van der Waals surface area contributed by atoms with E-state index in [1.807, 2.05) is 37.3 Å². The van der Waals surface area contributed by atoms with Crippen LogP contribution in [-0.4, -0.2) is 20.3 Å². The molecule has 1 atom stereocenters. The van der Waals surface area contributed by atoms with Crippen LogP contribution in [-0.2, 0) is 13.0 Å². The zero-order valence-corrected chi connectivity index (χ0v) is 17.0. The van der Waals surface area contributed by atoms with Gasteiger partial charge >= 0.3 is 0 Å². The zero-order valence-electron chi connectivity index (χ0n) is 17.0. The Morgan fingerprint density at radius 1 is 0.862 bits per heavy atom. The molecule has 150 valence electrons. The maximum Gasteiger partial charge on any atom is 0.161 e. The highest BCUT2D eigenvalue weighted by Crippen LogP contribution is 2.39. The minimum atomic E-state index is 0.0517. The molecule has 1 heterocycles. The Bertz CT molecular complexity index is 956. The summed E-state index contributed by atoms with van der Waals surface area (Å²) < 4.78 is 17.6. The van der Waals surface area contributed by atoms with Gasteiger partial charge in [0.15, 0.2) is 11.5 Å².